The molecule has 0 aliphatic heterocycles. The molecule has 0 spiro atoms. The summed E-state index contributed by atoms with van der Waals surface area (Å²) in [6.45, 7) is 1.56. The molecule has 0 fully saturated rings. The van der Waals surface area contributed by atoms with Gasteiger partial charge in [-0.1, -0.05) is 0 Å². The van der Waals surface area contributed by atoms with Gasteiger partial charge in [-0.15, -0.1) is 11.8 Å². The van der Waals surface area contributed by atoms with Gasteiger partial charge < -0.3 is 0 Å². The Morgan fingerprint density at radius 3 is 2.55 bits per heavy atom. The van der Waals surface area contributed by atoms with E-state index in [9.17, 15) is 17.6 Å². The van der Waals surface area contributed by atoms with Crippen LogP contribution >= 0.6 is 11.8 Å². The molecule has 0 saturated heterocycles. The van der Waals surface area contributed by atoms with Crippen molar-refractivity contribution in [2.75, 3.05) is 5.75 Å². The minimum absolute atomic E-state index is 0.160. The lowest BCUT2D eigenvalue weighted by molar-refractivity contribution is -0.105. The molecule has 0 N–H and O–H groups in total. The van der Waals surface area contributed by atoms with Crippen molar-refractivity contribution >= 4 is 11.8 Å². The third kappa shape index (κ3) is 3.98. The summed E-state index contributed by atoms with van der Waals surface area (Å²) in [7, 11) is 0. The first kappa shape index (κ1) is 16.3. The molecule has 22 heavy (non-hydrogen) atoms. The van der Waals surface area contributed by atoms with Crippen molar-refractivity contribution < 1.29 is 17.6 Å². The van der Waals surface area contributed by atoms with E-state index < -0.39 is 17.7 Å². The van der Waals surface area contributed by atoms with Gasteiger partial charge in [0.1, 0.15) is 17.6 Å². The smallest absolute Gasteiger partial charge is 0.245 e. The van der Waals surface area contributed by atoms with Crippen molar-refractivity contribution in [2.45, 2.75) is 18.0 Å². The molecule has 0 saturated carbocycles. The molecule has 0 amide bonds. The molecule has 1 aromatic carbocycles. The fourth-order valence-electron chi connectivity index (χ4n) is 1.81. The zero-order valence-corrected chi connectivity index (χ0v) is 12.2. The van der Waals surface area contributed by atoms with Crippen molar-refractivity contribution in [1.29, 1.82) is 5.26 Å². The first-order chi connectivity index (χ1) is 10.3. The Morgan fingerprint density at radius 2 is 2.00 bits per heavy atom. The molecule has 0 unspecified atom stereocenters. The Morgan fingerprint density at radius 1 is 1.27 bits per heavy atom. The third-order valence-corrected chi connectivity index (χ3v) is 4.07. The number of hydrogen-bond acceptors (Lipinski definition) is 3. The van der Waals surface area contributed by atoms with Crippen LogP contribution in [0.15, 0.2) is 35.4 Å². The molecule has 114 valence electrons. The Kier molecular flexibility index (Phi) is 4.71. The summed E-state index contributed by atoms with van der Waals surface area (Å²) in [5, 5.41) is 8.68. The number of nitriles is 1. The summed E-state index contributed by atoms with van der Waals surface area (Å²) >= 11 is 0.615. The SMILES string of the molecule is Cc1cc(F)c(-c2ccc(C#N)nc2)cc1SCC(F)(F)F. The van der Waals surface area contributed by atoms with Crippen LogP contribution in [-0.4, -0.2) is 16.9 Å². The van der Waals surface area contributed by atoms with Crippen molar-refractivity contribution in [3.8, 4) is 17.2 Å². The molecule has 2 nitrogen and oxygen atoms in total. The van der Waals surface area contributed by atoms with E-state index in [1.54, 1.807) is 6.92 Å². The van der Waals surface area contributed by atoms with Gasteiger partial charge in [-0.25, -0.2) is 9.37 Å². The van der Waals surface area contributed by atoms with Crippen molar-refractivity contribution in [3.63, 3.8) is 0 Å². The second-order valence-electron chi connectivity index (χ2n) is 4.55. The second-order valence-corrected chi connectivity index (χ2v) is 5.56. The normalized spacial score (nSPS) is 11.3. The molecule has 1 heterocycles. The van der Waals surface area contributed by atoms with Gasteiger partial charge >= 0.3 is 6.18 Å². The summed E-state index contributed by atoms with van der Waals surface area (Å²) < 4.78 is 51.0. The number of nitrogens with zero attached hydrogens (tertiary/aromatic N) is 2. The van der Waals surface area contributed by atoms with Crippen LogP contribution in [0.5, 0.6) is 0 Å². The molecule has 2 rings (SSSR count). The van der Waals surface area contributed by atoms with Crippen LogP contribution in [0.2, 0.25) is 0 Å². The Labute approximate surface area is 128 Å². The highest BCUT2D eigenvalue weighted by Gasteiger charge is 2.27. The summed E-state index contributed by atoms with van der Waals surface area (Å²) in [4.78, 5) is 4.20. The van der Waals surface area contributed by atoms with Crippen molar-refractivity contribution in [2.24, 2.45) is 0 Å². The van der Waals surface area contributed by atoms with E-state index in [1.165, 1.54) is 30.5 Å². The fourth-order valence-corrected chi connectivity index (χ4v) is 2.62. The van der Waals surface area contributed by atoms with Crippen LogP contribution in [0.4, 0.5) is 17.6 Å². The maximum atomic E-state index is 14.0. The van der Waals surface area contributed by atoms with E-state index in [4.69, 9.17) is 5.26 Å². The first-order valence-electron chi connectivity index (χ1n) is 6.16. The number of hydrogen-bond donors (Lipinski definition) is 0. The number of thioether (sulfide) groups is 1. The first-order valence-corrected chi connectivity index (χ1v) is 7.15. The van der Waals surface area contributed by atoms with Crippen molar-refractivity contribution in [1.82, 2.24) is 4.98 Å². The summed E-state index contributed by atoms with van der Waals surface area (Å²) in [5.41, 5.74) is 1.19. The molecule has 0 bridgehead atoms. The third-order valence-electron chi connectivity index (χ3n) is 2.84. The van der Waals surface area contributed by atoms with Gasteiger partial charge in [0.15, 0.2) is 0 Å². The van der Waals surface area contributed by atoms with Gasteiger partial charge in [0.25, 0.3) is 0 Å². The lowest BCUT2D eigenvalue weighted by Crippen LogP contribution is -2.10. The summed E-state index contributed by atoms with van der Waals surface area (Å²) in [6.07, 6.45) is -2.97. The van der Waals surface area contributed by atoms with E-state index in [0.29, 0.717) is 27.8 Å². The van der Waals surface area contributed by atoms with E-state index >= 15 is 0 Å². The predicted octanol–water partition coefficient (Wildman–Crippen LogP) is 4.72. The Hall–Kier alpha value is -2.07. The fraction of sp³-hybridized carbons (Fsp3) is 0.200. The summed E-state index contributed by atoms with van der Waals surface area (Å²) in [5.74, 6) is -1.58. The molecule has 1 aromatic heterocycles. The highest BCUT2D eigenvalue weighted by Crippen LogP contribution is 2.34. The Balaban J connectivity index is 2.37. The monoisotopic (exact) mass is 326 g/mol. The Bertz CT molecular complexity index is 718. The largest absolute Gasteiger partial charge is 0.398 e. The number of benzene rings is 1. The molecule has 0 aliphatic carbocycles. The van der Waals surface area contributed by atoms with Gasteiger partial charge in [0.2, 0.25) is 0 Å². The number of aryl methyl sites for hydroxylation is 1. The van der Waals surface area contributed by atoms with Gasteiger partial charge in [-0.05, 0) is 36.8 Å². The summed E-state index contributed by atoms with van der Waals surface area (Å²) in [6, 6.07) is 7.36. The van der Waals surface area contributed by atoms with Gasteiger partial charge in [0.05, 0.1) is 5.75 Å². The highest BCUT2D eigenvalue weighted by atomic mass is 32.2. The lowest BCUT2D eigenvalue weighted by atomic mass is 10.0. The zero-order chi connectivity index (χ0) is 16.3. The molecular weight excluding hydrogens is 316 g/mol. The lowest BCUT2D eigenvalue weighted by Gasteiger charge is -2.11. The van der Waals surface area contributed by atoms with E-state index in [-0.39, 0.29) is 11.3 Å². The van der Waals surface area contributed by atoms with Crippen LogP contribution in [0.1, 0.15) is 11.3 Å². The highest BCUT2D eigenvalue weighted by molar-refractivity contribution is 7.99. The number of halogens is 4. The van der Waals surface area contributed by atoms with Gasteiger partial charge in [0, 0.05) is 22.2 Å². The second kappa shape index (κ2) is 6.36. The minimum atomic E-state index is -4.29. The maximum Gasteiger partial charge on any atom is 0.398 e. The van der Waals surface area contributed by atoms with Crippen LogP contribution in [0, 0.1) is 24.1 Å². The molecule has 0 radical (unpaired) electrons. The molecule has 0 atom stereocenters. The number of alkyl halides is 3. The number of rotatable bonds is 3. The minimum Gasteiger partial charge on any atom is -0.245 e. The average molecular weight is 326 g/mol. The number of aromatic nitrogens is 1. The maximum absolute atomic E-state index is 14.0. The average Bonchev–Trinajstić information content (AvgIpc) is 2.45. The van der Waals surface area contributed by atoms with Gasteiger partial charge in [-0.2, -0.15) is 18.4 Å². The van der Waals surface area contributed by atoms with Crippen LogP contribution < -0.4 is 0 Å². The predicted molar refractivity (Wildman–Crippen MR) is 75.9 cm³/mol. The molecule has 7 heteroatoms. The van der Waals surface area contributed by atoms with Crippen LogP contribution in [0.3, 0.4) is 0 Å². The van der Waals surface area contributed by atoms with Gasteiger partial charge in [-0.3, -0.25) is 0 Å². The van der Waals surface area contributed by atoms with E-state index in [0.717, 1.165) is 0 Å². The van der Waals surface area contributed by atoms with E-state index in [2.05, 4.69) is 4.98 Å². The van der Waals surface area contributed by atoms with Crippen molar-refractivity contribution in [3.05, 3.63) is 47.5 Å². The quantitative estimate of drug-likeness (QED) is 0.605. The molecular formula is C15H10F4N2S. The van der Waals surface area contributed by atoms with E-state index in [1.807, 2.05) is 6.07 Å². The topological polar surface area (TPSA) is 36.7 Å². The van der Waals surface area contributed by atoms with Crippen LogP contribution in [-0.2, 0) is 0 Å². The standard InChI is InChI=1S/C15H10F4N2S/c1-9-4-13(16)12(5-14(9)22-8-15(17,18)19)10-2-3-11(6-20)21-7-10/h2-5,7H,8H2,1H3. The molecule has 0 aliphatic rings. The number of pyridine rings is 1. The van der Waals surface area contributed by atoms with Crippen LogP contribution in [0.25, 0.3) is 11.1 Å². The molecule has 2 aromatic rings. The zero-order valence-electron chi connectivity index (χ0n) is 11.4.